The number of hydrogen-bond acceptors (Lipinski definition) is 1. The Hall–Kier alpha value is -0.300. The van der Waals surface area contributed by atoms with E-state index in [1.54, 1.807) is 0 Å². The van der Waals surface area contributed by atoms with Gasteiger partial charge in [0.05, 0.1) is 6.10 Å². The van der Waals surface area contributed by atoms with E-state index in [0.717, 1.165) is 6.42 Å². The molecule has 0 aliphatic rings. The Balaban J connectivity index is 3.58. The van der Waals surface area contributed by atoms with Crippen molar-refractivity contribution in [1.29, 1.82) is 0 Å². The highest BCUT2D eigenvalue weighted by Crippen LogP contribution is 2.06. The minimum absolute atomic E-state index is 0.166. The van der Waals surface area contributed by atoms with Crippen molar-refractivity contribution in [3.63, 3.8) is 0 Å². The Kier molecular flexibility index (Phi) is 4.41. The number of hydrogen-bond donors (Lipinski definition) is 1. The van der Waals surface area contributed by atoms with Crippen molar-refractivity contribution in [1.82, 2.24) is 0 Å². The molecule has 0 aliphatic carbocycles. The van der Waals surface area contributed by atoms with E-state index in [1.807, 2.05) is 32.9 Å². The first-order valence-electron chi connectivity index (χ1n) is 3.53. The first-order chi connectivity index (χ1) is 4.22. The van der Waals surface area contributed by atoms with Crippen molar-refractivity contribution in [3.05, 3.63) is 12.2 Å². The summed E-state index contributed by atoms with van der Waals surface area (Å²) in [7, 11) is 0. The van der Waals surface area contributed by atoms with Gasteiger partial charge in [-0.1, -0.05) is 26.0 Å². The molecule has 0 rings (SSSR count). The minimum atomic E-state index is -0.166. The van der Waals surface area contributed by atoms with E-state index < -0.39 is 0 Å². The Morgan fingerprint density at radius 1 is 1.56 bits per heavy atom. The second kappa shape index (κ2) is 4.57. The maximum Gasteiger partial charge on any atom is 0.0597 e. The number of rotatable bonds is 3. The molecule has 1 heteroatoms. The Morgan fingerprint density at radius 3 is 2.44 bits per heavy atom. The largest absolute Gasteiger partial charge is 0.393 e. The molecule has 1 N–H and O–H groups in total. The molecule has 0 saturated carbocycles. The fourth-order valence-corrected chi connectivity index (χ4v) is 0.804. The predicted molar refractivity (Wildman–Crippen MR) is 40.3 cm³/mol. The van der Waals surface area contributed by atoms with Gasteiger partial charge in [0.15, 0.2) is 0 Å². The molecule has 0 aromatic rings. The second-order valence-electron chi connectivity index (χ2n) is 2.36. The van der Waals surface area contributed by atoms with Crippen LogP contribution in [0, 0.1) is 5.92 Å². The van der Waals surface area contributed by atoms with Gasteiger partial charge in [0.25, 0.3) is 0 Å². The zero-order valence-electron chi connectivity index (χ0n) is 6.46. The van der Waals surface area contributed by atoms with E-state index in [0.29, 0.717) is 5.92 Å². The summed E-state index contributed by atoms with van der Waals surface area (Å²) in [5, 5.41) is 9.21. The molecule has 0 saturated heterocycles. The third kappa shape index (κ3) is 3.31. The molecule has 54 valence electrons. The molecule has 0 aromatic carbocycles. The molecule has 0 fully saturated rings. The lowest BCUT2D eigenvalue weighted by atomic mass is 10.0. The predicted octanol–water partition coefficient (Wildman–Crippen LogP) is 1.97. The summed E-state index contributed by atoms with van der Waals surface area (Å²) in [6.45, 7) is 5.98. The second-order valence-corrected chi connectivity index (χ2v) is 2.36. The van der Waals surface area contributed by atoms with Gasteiger partial charge in [-0.05, 0) is 19.3 Å². The molecular formula is C8H16O. The SMILES string of the molecule is CC=CC(C)C(O)CC. The van der Waals surface area contributed by atoms with Crippen LogP contribution in [0.5, 0.6) is 0 Å². The smallest absolute Gasteiger partial charge is 0.0597 e. The van der Waals surface area contributed by atoms with Crippen LogP contribution in [0.1, 0.15) is 27.2 Å². The molecule has 0 spiro atoms. The molecule has 9 heavy (non-hydrogen) atoms. The fourth-order valence-electron chi connectivity index (χ4n) is 0.804. The van der Waals surface area contributed by atoms with Gasteiger partial charge < -0.3 is 5.11 Å². The fraction of sp³-hybridized carbons (Fsp3) is 0.750. The molecule has 0 bridgehead atoms. The summed E-state index contributed by atoms with van der Waals surface area (Å²) in [5.74, 6) is 0.306. The van der Waals surface area contributed by atoms with Crippen LogP contribution in [0.25, 0.3) is 0 Å². The van der Waals surface area contributed by atoms with Gasteiger partial charge in [0.1, 0.15) is 0 Å². The van der Waals surface area contributed by atoms with Gasteiger partial charge in [0, 0.05) is 0 Å². The molecule has 0 aromatic heterocycles. The van der Waals surface area contributed by atoms with E-state index in [1.165, 1.54) is 0 Å². The summed E-state index contributed by atoms with van der Waals surface area (Å²) in [6, 6.07) is 0. The Bertz CT molecular complexity index is 86.6. The van der Waals surface area contributed by atoms with Crippen molar-refractivity contribution in [2.45, 2.75) is 33.3 Å². The van der Waals surface area contributed by atoms with Crippen LogP contribution in [0.15, 0.2) is 12.2 Å². The normalized spacial score (nSPS) is 18.2. The van der Waals surface area contributed by atoms with Crippen LogP contribution in [0.3, 0.4) is 0 Å². The summed E-state index contributed by atoms with van der Waals surface area (Å²) in [4.78, 5) is 0. The lowest BCUT2D eigenvalue weighted by Gasteiger charge is -2.11. The molecule has 2 atom stereocenters. The van der Waals surface area contributed by atoms with E-state index in [9.17, 15) is 5.11 Å². The monoisotopic (exact) mass is 128 g/mol. The topological polar surface area (TPSA) is 20.2 Å². The number of aliphatic hydroxyl groups is 1. The van der Waals surface area contributed by atoms with Gasteiger partial charge in [-0.25, -0.2) is 0 Å². The standard InChI is InChI=1S/C8H16O/c1-4-6-7(3)8(9)5-2/h4,6-9H,5H2,1-3H3. The molecule has 2 unspecified atom stereocenters. The van der Waals surface area contributed by atoms with Crippen molar-refractivity contribution in [3.8, 4) is 0 Å². The van der Waals surface area contributed by atoms with Gasteiger partial charge >= 0.3 is 0 Å². The lowest BCUT2D eigenvalue weighted by Crippen LogP contribution is -2.13. The van der Waals surface area contributed by atoms with Crippen molar-refractivity contribution in [2.75, 3.05) is 0 Å². The van der Waals surface area contributed by atoms with E-state index in [-0.39, 0.29) is 6.10 Å². The maximum absolute atomic E-state index is 9.21. The first-order valence-corrected chi connectivity index (χ1v) is 3.53. The minimum Gasteiger partial charge on any atom is -0.393 e. The molecule has 1 nitrogen and oxygen atoms in total. The van der Waals surface area contributed by atoms with Crippen LogP contribution in [-0.4, -0.2) is 11.2 Å². The van der Waals surface area contributed by atoms with Crippen LogP contribution < -0.4 is 0 Å². The number of aliphatic hydroxyl groups excluding tert-OH is 1. The van der Waals surface area contributed by atoms with E-state index in [2.05, 4.69) is 0 Å². The first kappa shape index (κ1) is 8.70. The van der Waals surface area contributed by atoms with Crippen LogP contribution in [0.4, 0.5) is 0 Å². The molecule has 0 heterocycles. The lowest BCUT2D eigenvalue weighted by molar-refractivity contribution is 0.133. The highest BCUT2D eigenvalue weighted by atomic mass is 16.3. The van der Waals surface area contributed by atoms with Gasteiger partial charge in [0.2, 0.25) is 0 Å². The molecular weight excluding hydrogens is 112 g/mol. The van der Waals surface area contributed by atoms with Crippen molar-refractivity contribution < 1.29 is 5.11 Å². The maximum atomic E-state index is 9.21. The van der Waals surface area contributed by atoms with Crippen LogP contribution >= 0.6 is 0 Å². The third-order valence-electron chi connectivity index (χ3n) is 1.52. The van der Waals surface area contributed by atoms with Crippen molar-refractivity contribution >= 4 is 0 Å². The number of allylic oxidation sites excluding steroid dienone is 1. The van der Waals surface area contributed by atoms with Gasteiger partial charge in [-0.2, -0.15) is 0 Å². The molecule has 0 aliphatic heterocycles. The Labute approximate surface area is 57.4 Å². The Morgan fingerprint density at radius 2 is 2.11 bits per heavy atom. The summed E-state index contributed by atoms with van der Waals surface area (Å²) < 4.78 is 0. The van der Waals surface area contributed by atoms with E-state index >= 15 is 0 Å². The quantitative estimate of drug-likeness (QED) is 0.576. The van der Waals surface area contributed by atoms with Crippen LogP contribution in [-0.2, 0) is 0 Å². The van der Waals surface area contributed by atoms with Crippen molar-refractivity contribution in [2.24, 2.45) is 5.92 Å². The third-order valence-corrected chi connectivity index (χ3v) is 1.52. The zero-order valence-corrected chi connectivity index (χ0v) is 6.46. The zero-order chi connectivity index (χ0) is 7.28. The molecule has 0 radical (unpaired) electrons. The highest BCUT2D eigenvalue weighted by Gasteiger charge is 2.06. The summed E-state index contributed by atoms with van der Waals surface area (Å²) >= 11 is 0. The van der Waals surface area contributed by atoms with E-state index in [4.69, 9.17) is 0 Å². The summed E-state index contributed by atoms with van der Waals surface area (Å²) in [5.41, 5.74) is 0. The molecule has 0 amide bonds. The van der Waals surface area contributed by atoms with Gasteiger partial charge in [-0.3, -0.25) is 0 Å². The summed E-state index contributed by atoms with van der Waals surface area (Å²) in [6.07, 6.45) is 4.67. The average Bonchev–Trinajstić information content (AvgIpc) is 1.87. The highest BCUT2D eigenvalue weighted by molar-refractivity contribution is 4.86. The van der Waals surface area contributed by atoms with Crippen LogP contribution in [0.2, 0.25) is 0 Å². The average molecular weight is 128 g/mol. The van der Waals surface area contributed by atoms with Gasteiger partial charge in [-0.15, -0.1) is 0 Å².